The molecule has 0 saturated carbocycles. The van der Waals surface area contributed by atoms with Gasteiger partial charge in [-0.3, -0.25) is 9.59 Å². The lowest BCUT2D eigenvalue weighted by atomic mass is 10.0. The summed E-state index contributed by atoms with van der Waals surface area (Å²) in [5, 5.41) is 0.500. The SMILES string of the molecule is O=C1C(c2ccc(Cl)cc2)=C(N2CCCC2)C(=O)N1c1ccc(F)cc1F. The van der Waals surface area contributed by atoms with E-state index in [2.05, 4.69) is 0 Å². The second-order valence-corrected chi connectivity index (χ2v) is 6.90. The van der Waals surface area contributed by atoms with Crippen LogP contribution in [0.3, 0.4) is 0 Å². The van der Waals surface area contributed by atoms with E-state index in [0.717, 1.165) is 29.9 Å². The largest absolute Gasteiger partial charge is 0.366 e. The first-order chi connectivity index (χ1) is 13.0. The molecule has 2 heterocycles. The molecule has 4 nitrogen and oxygen atoms in total. The van der Waals surface area contributed by atoms with E-state index in [4.69, 9.17) is 11.6 Å². The molecule has 2 amide bonds. The number of carbonyl (C=O) groups is 2. The highest BCUT2D eigenvalue weighted by Gasteiger charge is 2.43. The summed E-state index contributed by atoms with van der Waals surface area (Å²) in [4.78, 5) is 28.9. The number of likely N-dealkylation sites (tertiary alicyclic amines) is 1. The van der Waals surface area contributed by atoms with Gasteiger partial charge in [0.15, 0.2) is 0 Å². The van der Waals surface area contributed by atoms with Gasteiger partial charge in [0.1, 0.15) is 17.3 Å². The van der Waals surface area contributed by atoms with Gasteiger partial charge in [0.2, 0.25) is 0 Å². The van der Waals surface area contributed by atoms with Crippen LogP contribution in [0.4, 0.5) is 14.5 Å². The molecule has 0 unspecified atom stereocenters. The van der Waals surface area contributed by atoms with E-state index in [-0.39, 0.29) is 17.0 Å². The van der Waals surface area contributed by atoms with E-state index in [1.165, 1.54) is 0 Å². The van der Waals surface area contributed by atoms with Gasteiger partial charge < -0.3 is 4.90 Å². The van der Waals surface area contributed by atoms with Crippen LogP contribution >= 0.6 is 11.6 Å². The van der Waals surface area contributed by atoms with Crippen LogP contribution in [0.25, 0.3) is 5.57 Å². The molecule has 0 aromatic heterocycles. The molecule has 4 rings (SSSR count). The summed E-state index contributed by atoms with van der Waals surface area (Å²) in [5.74, 6) is -2.97. The van der Waals surface area contributed by atoms with Gasteiger partial charge >= 0.3 is 0 Å². The van der Waals surface area contributed by atoms with Crippen LogP contribution in [0.5, 0.6) is 0 Å². The minimum absolute atomic E-state index is 0.210. The zero-order chi connectivity index (χ0) is 19.1. The summed E-state index contributed by atoms with van der Waals surface area (Å²) in [6, 6.07) is 9.36. The highest BCUT2D eigenvalue weighted by atomic mass is 35.5. The van der Waals surface area contributed by atoms with E-state index in [0.29, 0.717) is 29.7 Å². The molecule has 2 aliphatic heterocycles. The van der Waals surface area contributed by atoms with E-state index in [9.17, 15) is 18.4 Å². The first kappa shape index (κ1) is 17.7. The predicted octanol–water partition coefficient (Wildman–Crippen LogP) is 4.00. The molecule has 2 aromatic rings. The van der Waals surface area contributed by atoms with E-state index in [1.54, 1.807) is 24.3 Å². The van der Waals surface area contributed by atoms with Gasteiger partial charge in [-0.1, -0.05) is 23.7 Å². The lowest BCUT2D eigenvalue weighted by molar-refractivity contribution is -0.120. The first-order valence-electron chi connectivity index (χ1n) is 8.56. The second kappa shape index (κ2) is 6.78. The van der Waals surface area contributed by atoms with Gasteiger partial charge in [-0.25, -0.2) is 13.7 Å². The van der Waals surface area contributed by atoms with Crippen LogP contribution in [0.1, 0.15) is 18.4 Å². The minimum atomic E-state index is -0.963. The smallest absolute Gasteiger partial charge is 0.282 e. The number of nitrogens with zero attached hydrogens (tertiary/aromatic N) is 2. The third-order valence-electron chi connectivity index (χ3n) is 4.77. The zero-order valence-electron chi connectivity index (χ0n) is 14.2. The van der Waals surface area contributed by atoms with Crippen LogP contribution in [-0.4, -0.2) is 29.8 Å². The summed E-state index contributed by atoms with van der Waals surface area (Å²) in [6.07, 6.45) is 1.81. The average Bonchev–Trinajstić information content (AvgIpc) is 3.23. The number of halogens is 3. The van der Waals surface area contributed by atoms with Crippen LogP contribution in [0.15, 0.2) is 48.2 Å². The summed E-state index contributed by atoms with van der Waals surface area (Å²) in [5.41, 5.74) is 0.738. The molecule has 1 fully saturated rings. The van der Waals surface area contributed by atoms with Gasteiger partial charge in [0.05, 0.1) is 11.3 Å². The number of hydrogen-bond acceptors (Lipinski definition) is 3. The molecule has 0 spiro atoms. The van der Waals surface area contributed by atoms with Gasteiger partial charge in [0, 0.05) is 24.2 Å². The zero-order valence-corrected chi connectivity index (χ0v) is 15.0. The highest BCUT2D eigenvalue weighted by molar-refractivity contribution is 6.45. The van der Waals surface area contributed by atoms with Crippen molar-refractivity contribution in [2.24, 2.45) is 0 Å². The monoisotopic (exact) mass is 388 g/mol. The average molecular weight is 389 g/mol. The second-order valence-electron chi connectivity index (χ2n) is 6.47. The maximum atomic E-state index is 14.3. The Bertz CT molecular complexity index is 966. The van der Waals surface area contributed by atoms with E-state index in [1.807, 2.05) is 4.90 Å². The normalized spacial score (nSPS) is 17.4. The molecule has 7 heteroatoms. The summed E-state index contributed by atoms with van der Waals surface area (Å²) < 4.78 is 27.6. The van der Waals surface area contributed by atoms with Gasteiger partial charge in [0.25, 0.3) is 11.8 Å². The maximum absolute atomic E-state index is 14.3. The Morgan fingerprint density at radius 3 is 2.19 bits per heavy atom. The van der Waals surface area contributed by atoms with Crippen molar-refractivity contribution in [3.05, 3.63) is 70.4 Å². The van der Waals surface area contributed by atoms with Gasteiger partial charge in [-0.15, -0.1) is 0 Å². The van der Waals surface area contributed by atoms with Crippen LogP contribution in [0.2, 0.25) is 5.02 Å². The quantitative estimate of drug-likeness (QED) is 0.746. The van der Waals surface area contributed by atoms with Crippen molar-refractivity contribution in [1.29, 1.82) is 0 Å². The molecule has 2 aromatic carbocycles. The van der Waals surface area contributed by atoms with E-state index < -0.39 is 23.4 Å². The predicted molar refractivity (Wildman–Crippen MR) is 98.0 cm³/mol. The van der Waals surface area contributed by atoms with Gasteiger partial charge in [-0.05, 0) is 42.7 Å². The first-order valence-corrected chi connectivity index (χ1v) is 8.94. The molecule has 0 radical (unpaired) electrons. The number of carbonyl (C=O) groups excluding carboxylic acids is 2. The molecule has 0 aliphatic carbocycles. The number of anilines is 1. The fourth-order valence-electron chi connectivity index (χ4n) is 3.51. The standard InChI is InChI=1S/C20H15ClF2N2O2/c21-13-5-3-12(4-6-13)17-18(24-9-1-2-10-24)20(27)25(19(17)26)16-8-7-14(22)11-15(16)23/h3-8,11H,1-2,9-10H2. The Balaban J connectivity index is 1.85. The summed E-state index contributed by atoms with van der Waals surface area (Å²) in [6.45, 7) is 1.29. The van der Waals surface area contributed by atoms with Crippen molar-refractivity contribution < 1.29 is 18.4 Å². The molecule has 0 atom stereocenters. The minimum Gasteiger partial charge on any atom is -0.366 e. The Kier molecular flexibility index (Phi) is 4.44. The lowest BCUT2D eigenvalue weighted by Crippen LogP contribution is -2.35. The summed E-state index contributed by atoms with van der Waals surface area (Å²) in [7, 11) is 0. The lowest BCUT2D eigenvalue weighted by Gasteiger charge is -2.20. The highest BCUT2D eigenvalue weighted by Crippen LogP contribution is 2.37. The number of amides is 2. The van der Waals surface area contributed by atoms with Crippen molar-refractivity contribution in [1.82, 2.24) is 4.90 Å². The van der Waals surface area contributed by atoms with Crippen molar-refractivity contribution in [2.75, 3.05) is 18.0 Å². The molecule has 138 valence electrons. The molecule has 2 aliphatic rings. The number of rotatable bonds is 3. The van der Waals surface area contributed by atoms with Crippen molar-refractivity contribution in [2.45, 2.75) is 12.8 Å². The molecular weight excluding hydrogens is 374 g/mol. The maximum Gasteiger partial charge on any atom is 0.282 e. The molecular formula is C20H15ClF2N2O2. The number of benzene rings is 2. The fourth-order valence-corrected chi connectivity index (χ4v) is 3.64. The Morgan fingerprint density at radius 1 is 0.889 bits per heavy atom. The molecule has 1 saturated heterocycles. The number of hydrogen-bond donors (Lipinski definition) is 0. The fraction of sp³-hybridized carbons (Fsp3) is 0.200. The van der Waals surface area contributed by atoms with Crippen LogP contribution in [-0.2, 0) is 9.59 Å². The third-order valence-corrected chi connectivity index (χ3v) is 5.02. The molecule has 0 N–H and O–H groups in total. The Labute approximate surface area is 159 Å². The topological polar surface area (TPSA) is 40.6 Å². The van der Waals surface area contributed by atoms with Gasteiger partial charge in [-0.2, -0.15) is 0 Å². The van der Waals surface area contributed by atoms with Crippen LogP contribution in [0, 0.1) is 11.6 Å². The van der Waals surface area contributed by atoms with Crippen molar-refractivity contribution >= 4 is 34.7 Å². The Morgan fingerprint density at radius 2 is 1.56 bits per heavy atom. The van der Waals surface area contributed by atoms with Crippen LogP contribution < -0.4 is 4.90 Å². The molecule has 27 heavy (non-hydrogen) atoms. The van der Waals surface area contributed by atoms with E-state index >= 15 is 0 Å². The summed E-state index contributed by atoms with van der Waals surface area (Å²) >= 11 is 5.93. The third kappa shape index (κ3) is 3.00. The number of imide groups is 1. The molecule has 0 bridgehead atoms. The van der Waals surface area contributed by atoms with Crippen molar-refractivity contribution in [3.8, 4) is 0 Å². The Hall–Kier alpha value is -2.73. The van der Waals surface area contributed by atoms with Crippen molar-refractivity contribution in [3.63, 3.8) is 0 Å².